The molecule has 2 rings (SSSR count). The Balaban J connectivity index is 1.77. The van der Waals surface area contributed by atoms with Crippen molar-refractivity contribution in [2.45, 2.75) is 26.2 Å². The second kappa shape index (κ2) is 6.01. The highest BCUT2D eigenvalue weighted by molar-refractivity contribution is 9.10. The van der Waals surface area contributed by atoms with Crippen LogP contribution >= 0.6 is 15.9 Å². The van der Waals surface area contributed by atoms with E-state index in [2.05, 4.69) is 25.8 Å². The van der Waals surface area contributed by atoms with Crippen molar-refractivity contribution >= 4 is 21.9 Å². The molecule has 1 atom stereocenters. The van der Waals surface area contributed by atoms with Gasteiger partial charge >= 0.3 is 5.97 Å². The van der Waals surface area contributed by atoms with E-state index >= 15 is 0 Å². The highest BCUT2D eigenvalue weighted by Crippen LogP contribution is 2.30. The largest absolute Gasteiger partial charge is 0.481 e. The summed E-state index contributed by atoms with van der Waals surface area (Å²) >= 11 is 3.36. The average Bonchev–Trinajstić information content (AvgIpc) is 2.73. The van der Waals surface area contributed by atoms with Crippen LogP contribution in [0, 0.1) is 5.41 Å². The summed E-state index contributed by atoms with van der Waals surface area (Å²) in [6, 6.07) is 5.93. The highest BCUT2D eigenvalue weighted by atomic mass is 79.9. The summed E-state index contributed by atoms with van der Waals surface area (Å²) in [5.41, 5.74) is 0.517. The van der Waals surface area contributed by atoms with E-state index in [0.29, 0.717) is 6.54 Å². The molecule has 0 spiro atoms. The van der Waals surface area contributed by atoms with E-state index in [1.54, 1.807) is 0 Å². The van der Waals surface area contributed by atoms with Crippen molar-refractivity contribution in [1.29, 1.82) is 0 Å². The second-order valence-corrected chi connectivity index (χ2v) is 6.26. The van der Waals surface area contributed by atoms with Crippen LogP contribution in [0.3, 0.4) is 0 Å². The van der Waals surface area contributed by atoms with Gasteiger partial charge in [0, 0.05) is 12.2 Å². The smallest absolute Gasteiger partial charge is 0.310 e. The number of hydrogen-bond acceptors (Lipinski definition) is 3. The number of nitrogens with zero attached hydrogens (tertiary/aromatic N) is 2. The van der Waals surface area contributed by atoms with Gasteiger partial charge in [-0.3, -0.25) is 4.79 Å². The fraction of sp³-hybridized carbons (Fsp3) is 0.571. The molecule has 1 fully saturated rings. The van der Waals surface area contributed by atoms with Crippen molar-refractivity contribution in [2.75, 3.05) is 19.6 Å². The Morgan fingerprint density at radius 2 is 2.37 bits per heavy atom. The quantitative estimate of drug-likeness (QED) is 0.845. The van der Waals surface area contributed by atoms with Gasteiger partial charge in [-0.1, -0.05) is 6.07 Å². The maximum atomic E-state index is 11.2. The molecule has 2 heterocycles. The third kappa shape index (κ3) is 3.76. The minimum absolute atomic E-state index is 0.561. The molecule has 1 aromatic heterocycles. The summed E-state index contributed by atoms with van der Waals surface area (Å²) in [5, 5.41) is 9.18. The van der Waals surface area contributed by atoms with Gasteiger partial charge in [-0.25, -0.2) is 4.98 Å². The lowest BCUT2D eigenvalue weighted by atomic mass is 9.90. The van der Waals surface area contributed by atoms with Crippen LogP contribution in [0.5, 0.6) is 0 Å². The van der Waals surface area contributed by atoms with Crippen molar-refractivity contribution < 1.29 is 9.90 Å². The van der Waals surface area contributed by atoms with Crippen LogP contribution in [0.4, 0.5) is 0 Å². The van der Waals surface area contributed by atoms with E-state index in [-0.39, 0.29) is 0 Å². The Hall–Kier alpha value is -0.940. The lowest BCUT2D eigenvalue weighted by molar-refractivity contribution is -0.147. The summed E-state index contributed by atoms with van der Waals surface area (Å²) in [4.78, 5) is 17.8. The molecule has 0 saturated carbocycles. The summed E-state index contributed by atoms with van der Waals surface area (Å²) in [6.45, 7) is 4.32. The predicted octanol–water partition coefficient (Wildman–Crippen LogP) is 2.57. The van der Waals surface area contributed by atoms with Crippen LogP contribution in [-0.2, 0) is 11.2 Å². The van der Waals surface area contributed by atoms with E-state index in [1.807, 2.05) is 25.1 Å². The zero-order valence-electron chi connectivity index (χ0n) is 11.1. The third-order valence-electron chi connectivity index (χ3n) is 3.75. The van der Waals surface area contributed by atoms with E-state index in [1.165, 1.54) is 0 Å². The summed E-state index contributed by atoms with van der Waals surface area (Å²) in [6.07, 6.45) is 2.69. The van der Waals surface area contributed by atoms with Gasteiger partial charge < -0.3 is 10.0 Å². The molecule has 1 aliphatic rings. The zero-order valence-corrected chi connectivity index (χ0v) is 12.7. The Morgan fingerprint density at radius 1 is 1.58 bits per heavy atom. The van der Waals surface area contributed by atoms with E-state index in [0.717, 1.165) is 42.6 Å². The first-order valence-corrected chi connectivity index (χ1v) is 7.36. The van der Waals surface area contributed by atoms with Crippen molar-refractivity contribution in [3.63, 3.8) is 0 Å². The van der Waals surface area contributed by atoms with Crippen molar-refractivity contribution in [3.8, 4) is 0 Å². The van der Waals surface area contributed by atoms with Gasteiger partial charge in [-0.05, 0) is 67.3 Å². The van der Waals surface area contributed by atoms with Gasteiger partial charge in [0.05, 0.1) is 5.41 Å². The molecule has 104 valence electrons. The molecule has 4 nitrogen and oxygen atoms in total. The molecule has 0 aliphatic carbocycles. The number of aryl methyl sites for hydroxylation is 1. The number of pyridine rings is 1. The Kier molecular flexibility index (Phi) is 4.58. The molecule has 0 bridgehead atoms. The number of likely N-dealkylation sites (tertiary alicyclic amines) is 1. The zero-order chi connectivity index (χ0) is 13.9. The van der Waals surface area contributed by atoms with Crippen LogP contribution in [0.15, 0.2) is 22.8 Å². The van der Waals surface area contributed by atoms with E-state index in [4.69, 9.17) is 0 Å². The van der Waals surface area contributed by atoms with Crippen molar-refractivity contribution in [3.05, 3.63) is 28.5 Å². The molecular formula is C14H19BrN2O2. The number of hydrogen-bond donors (Lipinski definition) is 1. The fourth-order valence-electron chi connectivity index (χ4n) is 2.50. The van der Waals surface area contributed by atoms with E-state index in [9.17, 15) is 9.90 Å². The maximum Gasteiger partial charge on any atom is 0.310 e. The van der Waals surface area contributed by atoms with Crippen LogP contribution < -0.4 is 0 Å². The topological polar surface area (TPSA) is 53.4 Å². The summed E-state index contributed by atoms with van der Waals surface area (Å²) < 4.78 is 0.865. The summed E-state index contributed by atoms with van der Waals surface area (Å²) in [5.74, 6) is -0.677. The molecule has 5 heteroatoms. The first kappa shape index (κ1) is 14.5. The van der Waals surface area contributed by atoms with Crippen LogP contribution in [0.2, 0.25) is 0 Å². The average molecular weight is 327 g/mol. The first-order chi connectivity index (χ1) is 8.99. The Labute approximate surface area is 122 Å². The monoisotopic (exact) mass is 326 g/mol. The van der Waals surface area contributed by atoms with Crippen molar-refractivity contribution in [1.82, 2.24) is 9.88 Å². The molecular weight excluding hydrogens is 308 g/mol. The molecule has 0 amide bonds. The normalized spacial score (nSPS) is 23.7. The fourth-order valence-corrected chi connectivity index (χ4v) is 2.88. The number of carbonyl (C=O) groups is 1. The number of halogens is 1. The minimum Gasteiger partial charge on any atom is -0.481 e. The predicted molar refractivity (Wildman–Crippen MR) is 77.1 cm³/mol. The van der Waals surface area contributed by atoms with Crippen molar-refractivity contribution in [2.24, 2.45) is 5.41 Å². The second-order valence-electron chi connectivity index (χ2n) is 5.45. The van der Waals surface area contributed by atoms with Gasteiger partial charge in [0.2, 0.25) is 0 Å². The molecule has 1 saturated heterocycles. The highest BCUT2D eigenvalue weighted by Gasteiger charge is 2.39. The molecule has 1 aromatic rings. The number of carboxylic acid groups (broad SMARTS) is 1. The standard InChI is InChI=1S/C14H19BrN2O2/c1-14(13(18)19)7-9-17(10-14)8-3-5-11-4-2-6-12(15)16-11/h2,4,6H,3,5,7-10H2,1H3,(H,18,19). The van der Waals surface area contributed by atoms with E-state index < -0.39 is 11.4 Å². The van der Waals surface area contributed by atoms with Gasteiger partial charge in [-0.2, -0.15) is 0 Å². The van der Waals surface area contributed by atoms with Crippen LogP contribution in [0.1, 0.15) is 25.5 Å². The number of aromatic nitrogens is 1. The molecule has 1 N–H and O–H groups in total. The molecule has 1 aliphatic heterocycles. The summed E-state index contributed by atoms with van der Waals surface area (Å²) in [7, 11) is 0. The van der Waals surface area contributed by atoms with Crippen LogP contribution in [-0.4, -0.2) is 40.6 Å². The Morgan fingerprint density at radius 3 is 3.00 bits per heavy atom. The lowest BCUT2D eigenvalue weighted by Gasteiger charge is -2.19. The lowest BCUT2D eigenvalue weighted by Crippen LogP contribution is -2.32. The van der Waals surface area contributed by atoms with Gasteiger partial charge in [0.15, 0.2) is 0 Å². The molecule has 19 heavy (non-hydrogen) atoms. The molecule has 1 unspecified atom stereocenters. The first-order valence-electron chi connectivity index (χ1n) is 6.57. The van der Waals surface area contributed by atoms with Crippen LogP contribution in [0.25, 0.3) is 0 Å². The maximum absolute atomic E-state index is 11.2. The number of carboxylic acids is 1. The minimum atomic E-state index is -0.677. The third-order valence-corrected chi connectivity index (χ3v) is 4.19. The SMILES string of the molecule is CC1(C(=O)O)CCN(CCCc2cccc(Br)n2)C1. The molecule has 0 radical (unpaired) electrons. The molecule has 0 aromatic carbocycles. The number of aliphatic carboxylic acids is 1. The van der Waals surface area contributed by atoms with Gasteiger partial charge in [-0.15, -0.1) is 0 Å². The van der Waals surface area contributed by atoms with Gasteiger partial charge in [0.1, 0.15) is 4.60 Å². The Bertz CT molecular complexity index is 467. The van der Waals surface area contributed by atoms with Gasteiger partial charge in [0.25, 0.3) is 0 Å². The number of rotatable bonds is 5.